The van der Waals surface area contributed by atoms with Crippen LogP contribution in [0.4, 0.5) is 0 Å². The molecule has 0 saturated carbocycles. The molecule has 3 aromatic rings. The van der Waals surface area contributed by atoms with Crippen LogP contribution < -0.4 is 19.9 Å². The van der Waals surface area contributed by atoms with Crippen molar-refractivity contribution < 1.29 is 19.0 Å². The van der Waals surface area contributed by atoms with Crippen LogP contribution in [0.2, 0.25) is 10.0 Å². The molecule has 0 saturated heterocycles. The SMILES string of the molecule is N#CC1=C(N)Oc2cc(OC(=O)COc3cccc(Cl)c3)ccc2C1c1ccc(Cl)cc1. The normalized spacial score (nSPS) is 14.7. The number of hydrogen-bond acceptors (Lipinski definition) is 6. The number of hydrogen-bond donors (Lipinski definition) is 1. The van der Waals surface area contributed by atoms with Crippen LogP contribution in [-0.2, 0) is 4.79 Å². The summed E-state index contributed by atoms with van der Waals surface area (Å²) in [7, 11) is 0. The molecule has 0 radical (unpaired) electrons. The third kappa shape index (κ3) is 4.65. The summed E-state index contributed by atoms with van der Waals surface area (Å²) in [4.78, 5) is 12.2. The van der Waals surface area contributed by atoms with E-state index in [1.54, 1.807) is 54.6 Å². The topological polar surface area (TPSA) is 94.6 Å². The van der Waals surface area contributed by atoms with Crippen LogP contribution >= 0.6 is 23.2 Å². The summed E-state index contributed by atoms with van der Waals surface area (Å²) >= 11 is 11.9. The fourth-order valence-electron chi connectivity index (χ4n) is 3.36. The first-order valence-electron chi connectivity index (χ1n) is 9.50. The molecule has 0 aromatic heterocycles. The number of allylic oxidation sites excluding steroid dienone is 1. The molecule has 2 N–H and O–H groups in total. The Bertz CT molecular complexity index is 1250. The molecule has 160 valence electrons. The zero-order valence-electron chi connectivity index (χ0n) is 16.5. The summed E-state index contributed by atoms with van der Waals surface area (Å²) < 4.78 is 16.4. The van der Waals surface area contributed by atoms with Crippen molar-refractivity contribution in [1.29, 1.82) is 5.26 Å². The lowest BCUT2D eigenvalue weighted by atomic mass is 9.83. The van der Waals surface area contributed by atoms with Crippen LogP contribution in [0.15, 0.2) is 78.2 Å². The maximum atomic E-state index is 12.2. The number of nitrogens with zero attached hydrogens (tertiary/aromatic N) is 1. The van der Waals surface area contributed by atoms with E-state index in [1.165, 1.54) is 0 Å². The third-order valence-electron chi connectivity index (χ3n) is 4.78. The van der Waals surface area contributed by atoms with Gasteiger partial charge in [-0.25, -0.2) is 4.79 Å². The number of carbonyl (C=O) groups is 1. The van der Waals surface area contributed by atoms with Crippen LogP contribution in [0.5, 0.6) is 17.2 Å². The van der Waals surface area contributed by atoms with Gasteiger partial charge in [-0.15, -0.1) is 0 Å². The van der Waals surface area contributed by atoms with Crippen LogP contribution in [0.25, 0.3) is 0 Å². The van der Waals surface area contributed by atoms with E-state index < -0.39 is 11.9 Å². The highest BCUT2D eigenvalue weighted by atomic mass is 35.5. The van der Waals surface area contributed by atoms with Gasteiger partial charge in [0.25, 0.3) is 0 Å². The van der Waals surface area contributed by atoms with Gasteiger partial charge in [-0.1, -0.05) is 47.5 Å². The molecule has 6 nitrogen and oxygen atoms in total. The van der Waals surface area contributed by atoms with Crippen molar-refractivity contribution in [3.8, 4) is 23.3 Å². The lowest BCUT2D eigenvalue weighted by molar-refractivity contribution is -0.136. The molecule has 1 aliphatic heterocycles. The monoisotopic (exact) mass is 466 g/mol. The molecule has 0 amide bonds. The molecule has 4 rings (SSSR count). The molecule has 0 aliphatic carbocycles. The molecule has 8 heteroatoms. The van der Waals surface area contributed by atoms with Gasteiger partial charge >= 0.3 is 5.97 Å². The van der Waals surface area contributed by atoms with Crippen molar-refractivity contribution in [2.45, 2.75) is 5.92 Å². The summed E-state index contributed by atoms with van der Waals surface area (Å²) in [5.74, 6) is 0.0610. The Morgan fingerprint density at radius 1 is 1.03 bits per heavy atom. The molecule has 1 atom stereocenters. The van der Waals surface area contributed by atoms with E-state index in [9.17, 15) is 10.1 Å². The number of nitriles is 1. The highest BCUT2D eigenvalue weighted by Gasteiger charge is 2.31. The van der Waals surface area contributed by atoms with Gasteiger partial charge in [0.05, 0.1) is 5.92 Å². The number of nitrogens with two attached hydrogens (primary N) is 1. The van der Waals surface area contributed by atoms with Gasteiger partial charge in [0, 0.05) is 21.7 Å². The van der Waals surface area contributed by atoms with Crippen LogP contribution in [0.1, 0.15) is 17.0 Å². The highest BCUT2D eigenvalue weighted by molar-refractivity contribution is 6.30. The minimum atomic E-state index is -0.601. The Morgan fingerprint density at radius 2 is 1.81 bits per heavy atom. The Kier molecular flexibility index (Phi) is 6.22. The van der Waals surface area contributed by atoms with Gasteiger partial charge in [-0.05, 0) is 42.0 Å². The summed E-state index contributed by atoms with van der Waals surface area (Å²) in [5.41, 5.74) is 7.85. The van der Waals surface area contributed by atoms with E-state index in [0.29, 0.717) is 32.7 Å². The summed E-state index contributed by atoms with van der Waals surface area (Å²) in [5, 5.41) is 10.7. The quantitative estimate of drug-likeness (QED) is 0.410. The molecule has 0 fully saturated rings. The molecular formula is C24H16Cl2N2O4. The second kappa shape index (κ2) is 9.23. The third-order valence-corrected chi connectivity index (χ3v) is 5.27. The first-order valence-corrected chi connectivity index (χ1v) is 10.3. The Hall–Kier alpha value is -3.66. The maximum Gasteiger partial charge on any atom is 0.349 e. The highest BCUT2D eigenvalue weighted by Crippen LogP contribution is 2.43. The maximum absolute atomic E-state index is 12.2. The Labute approximate surface area is 194 Å². The molecular weight excluding hydrogens is 451 g/mol. The van der Waals surface area contributed by atoms with Gasteiger partial charge < -0.3 is 19.9 Å². The van der Waals surface area contributed by atoms with E-state index in [4.69, 9.17) is 43.1 Å². The first-order chi connectivity index (χ1) is 15.4. The number of rotatable bonds is 5. The number of esters is 1. The average Bonchev–Trinajstić information content (AvgIpc) is 2.77. The van der Waals surface area contributed by atoms with Crippen molar-refractivity contribution in [1.82, 2.24) is 0 Å². The summed E-state index contributed by atoms with van der Waals surface area (Å²) in [6.07, 6.45) is 0. The van der Waals surface area contributed by atoms with Crippen molar-refractivity contribution in [3.05, 3.63) is 99.4 Å². The lowest BCUT2D eigenvalue weighted by Gasteiger charge is -2.26. The zero-order chi connectivity index (χ0) is 22.7. The second-order valence-electron chi connectivity index (χ2n) is 6.90. The first kappa shape index (κ1) is 21.6. The summed E-state index contributed by atoms with van der Waals surface area (Å²) in [6, 6.07) is 20.9. The molecule has 1 unspecified atom stereocenters. The van der Waals surface area contributed by atoms with Gasteiger partial charge in [-0.3, -0.25) is 0 Å². The predicted octanol–water partition coefficient (Wildman–Crippen LogP) is 5.20. The van der Waals surface area contributed by atoms with E-state index in [2.05, 4.69) is 6.07 Å². The van der Waals surface area contributed by atoms with Crippen molar-refractivity contribution >= 4 is 29.2 Å². The van der Waals surface area contributed by atoms with Crippen LogP contribution in [-0.4, -0.2) is 12.6 Å². The van der Waals surface area contributed by atoms with E-state index in [0.717, 1.165) is 5.56 Å². The Balaban J connectivity index is 1.54. The summed E-state index contributed by atoms with van der Waals surface area (Å²) in [6.45, 7) is -0.299. The molecule has 1 heterocycles. The number of ether oxygens (including phenoxy) is 3. The van der Waals surface area contributed by atoms with Crippen molar-refractivity contribution in [3.63, 3.8) is 0 Å². The minimum absolute atomic E-state index is 0.00674. The van der Waals surface area contributed by atoms with Crippen LogP contribution in [0.3, 0.4) is 0 Å². The molecule has 32 heavy (non-hydrogen) atoms. The van der Waals surface area contributed by atoms with Crippen molar-refractivity contribution in [2.24, 2.45) is 5.73 Å². The fourth-order valence-corrected chi connectivity index (χ4v) is 3.66. The van der Waals surface area contributed by atoms with Crippen LogP contribution in [0, 0.1) is 11.3 Å². The van der Waals surface area contributed by atoms with Gasteiger partial charge in [0.2, 0.25) is 5.88 Å². The minimum Gasteiger partial charge on any atom is -0.482 e. The molecule has 3 aromatic carbocycles. The molecule has 0 bridgehead atoms. The molecule has 1 aliphatic rings. The zero-order valence-corrected chi connectivity index (χ0v) is 18.1. The van der Waals surface area contributed by atoms with Crippen molar-refractivity contribution in [2.75, 3.05) is 6.61 Å². The van der Waals surface area contributed by atoms with E-state index >= 15 is 0 Å². The smallest absolute Gasteiger partial charge is 0.349 e. The van der Waals surface area contributed by atoms with E-state index in [-0.39, 0.29) is 18.2 Å². The number of fused-ring (bicyclic) bond motifs is 1. The number of halogens is 2. The van der Waals surface area contributed by atoms with Gasteiger partial charge in [0.15, 0.2) is 6.61 Å². The lowest BCUT2D eigenvalue weighted by Crippen LogP contribution is -2.21. The molecule has 0 spiro atoms. The largest absolute Gasteiger partial charge is 0.482 e. The number of benzene rings is 3. The van der Waals surface area contributed by atoms with E-state index in [1.807, 2.05) is 12.1 Å². The Morgan fingerprint density at radius 3 is 2.53 bits per heavy atom. The van der Waals surface area contributed by atoms with Gasteiger partial charge in [0.1, 0.15) is 28.9 Å². The predicted molar refractivity (Wildman–Crippen MR) is 120 cm³/mol. The number of carbonyl (C=O) groups excluding carboxylic acids is 1. The average molecular weight is 467 g/mol. The van der Waals surface area contributed by atoms with Gasteiger partial charge in [-0.2, -0.15) is 5.26 Å². The standard InChI is InChI=1S/C24H16Cl2N2O4/c25-15-6-4-14(5-7-15)23-19-9-8-18(11-21(19)32-24(28)20(23)12-27)31-22(29)13-30-17-3-1-2-16(26)10-17/h1-11,23H,13,28H2. The fraction of sp³-hybridized carbons (Fsp3) is 0.0833. The second-order valence-corrected chi connectivity index (χ2v) is 7.77.